The van der Waals surface area contributed by atoms with E-state index in [9.17, 15) is 13.2 Å². The molecule has 1 aromatic heterocycles. The van der Waals surface area contributed by atoms with Crippen LogP contribution < -0.4 is 4.74 Å². The van der Waals surface area contributed by atoms with Crippen LogP contribution in [0, 0.1) is 13.8 Å². The molecule has 26 heavy (non-hydrogen) atoms. The third-order valence-corrected chi connectivity index (χ3v) is 7.47. The Bertz CT molecular complexity index is 900. The Kier molecular flexibility index (Phi) is 5.36. The van der Waals surface area contributed by atoms with Crippen LogP contribution in [-0.2, 0) is 10.0 Å². The first-order valence-electron chi connectivity index (χ1n) is 8.32. The van der Waals surface area contributed by atoms with Gasteiger partial charge in [-0.05, 0) is 48.6 Å². The monoisotopic (exact) mass is 394 g/mol. The van der Waals surface area contributed by atoms with Gasteiger partial charge in [0.05, 0.1) is 16.9 Å². The van der Waals surface area contributed by atoms with E-state index in [0.717, 1.165) is 5.56 Å². The highest BCUT2D eigenvalue weighted by molar-refractivity contribution is 7.89. The summed E-state index contributed by atoms with van der Waals surface area (Å²) in [7, 11) is -2.03. The zero-order chi connectivity index (χ0) is 18.9. The fourth-order valence-corrected chi connectivity index (χ4v) is 5.49. The van der Waals surface area contributed by atoms with Crippen molar-refractivity contribution in [3.8, 4) is 5.75 Å². The maximum absolute atomic E-state index is 13.0. The Morgan fingerprint density at radius 1 is 1.12 bits per heavy atom. The molecule has 0 aliphatic carbocycles. The van der Waals surface area contributed by atoms with Crippen LogP contribution in [0.1, 0.15) is 20.8 Å². The number of hydrogen-bond donors (Lipinski definition) is 0. The fraction of sp³-hybridized carbons (Fsp3) is 0.389. The van der Waals surface area contributed by atoms with Crippen molar-refractivity contribution in [2.24, 2.45) is 0 Å². The molecule has 140 valence electrons. The molecule has 0 bridgehead atoms. The minimum absolute atomic E-state index is 0.0338. The Morgan fingerprint density at radius 2 is 1.81 bits per heavy atom. The molecule has 0 saturated carbocycles. The summed E-state index contributed by atoms with van der Waals surface area (Å²) < 4.78 is 32.8. The van der Waals surface area contributed by atoms with Crippen LogP contribution in [0.2, 0.25) is 0 Å². The molecule has 3 rings (SSSR count). The number of ether oxygens (including phenoxy) is 1. The van der Waals surface area contributed by atoms with Gasteiger partial charge in [-0.25, -0.2) is 8.42 Å². The van der Waals surface area contributed by atoms with Crippen molar-refractivity contribution in [1.29, 1.82) is 0 Å². The highest BCUT2D eigenvalue weighted by Crippen LogP contribution is 2.28. The van der Waals surface area contributed by atoms with Gasteiger partial charge >= 0.3 is 0 Å². The maximum Gasteiger partial charge on any atom is 0.264 e. The topological polar surface area (TPSA) is 66.9 Å². The van der Waals surface area contributed by atoms with Crippen molar-refractivity contribution in [1.82, 2.24) is 9.21 Å². The summed E-state index contributed by atoms with van der Waals surface area (Å²) in [5, 5.41) is 1.86. The second kappa shape index (κ2) is 7.38. The molecule has 2 aromatic rings. The Morgan fingerprint density at radius 3 is 2.38 bits per heavy atom. The number of rotatable bonds is 4. The minimum atomic E-state index is -3.60. The summed E-state index contributed by atoms with van der Waals surface area (Å²) in [6.45, 7) is 4.97. The molecule has 1 aliphatic rings. The number of aryl methyl sites for hydroxylation is 2. The summed E-state index contributed by atoms with van der Waals surface area (Å²) in [6, 6.07) is 7.04. The number of thiophene rings is 1. The molecule has 0 N–H and O–H groups in total. The lowest BCUT2D eigenvalue weighted by atomic mass is 10.1. The molecule has 1 aliphatic heterocycles. The molecular weight excluding hydrogens is 372 g/mol. The molecule has 1 saturated heterocycles. The number of methoxy groups -OCH3 is 1. The number of carbonyl (C=O) groups is 1. The molecular formula is C18H22N2O4S2. The van der Waals surface area contributed by atoms with Gasteiger partial charge in [0.15, 0.2) is 0 Å². The van der Waals surface area contributed by atoms with Crippen LogP contribution in [0.5, 0.6) is 5.75 Å². The Hall–Kier alpha value is -1.90. The molecule has 0 unspecified atom stereocenters. The molecule has 1 fully saturated rings. The summed E-state index contributed by atoms with van der Waals surface area (Å²) >= 11 is 1.40. The number of carbonyl (C=O) groups excluding carboxylic acids is 1. The smallest absolute Gasteiger partial charge is 0.264 e. The highest BCUT2D eigenvalue weighted by Gasteiger charge is 2.32. The number of benzene rings is 1. The van der Waals surface area contributed by atoms with Crippen molar-refractivity contribution in [2.45, 2.75) is 18.7 Å². The molecule has 6 nitrogen and oxygen atoms in total. The lowest BCUT2D eigenvalue weighted by molar-refractivity contribution is 0.0703. The van der Waals surface area contributed by atoms with Gasteiger partial charge in [0, 0.05) is 26.2 Å². The van der Waals surface area contributed by atoms with Crippen molar-refractivity contribution >= 4 is 27.3 Å². The number of nitrogens with zero attached hydrogens (tertiary/aromatic N) is 2. The molecule has 0 spiro atoms. The minimum Gasteiger partial charge on any atom is -0.496 e. The second-order valence-electron chi connectivity index (χ2n) is 6.26. The van der Waals surface area contributed by atoms with Crippen molar-refractivity contribution in [2.75, 3.05) is 33.3 Å². The second-order valence-corrected chi connectivity index (χ2v) is 9.11. The summed E-state index contributed by atoms with van der Waals surface area (Å²) in [5.41, 5.74) is 1.44. The Balaban J connectivity index is 1.76. The summed E-state index contributed by atoms with van der Waals surface area (Å²) in [5.74, 6) is 0.640. The van der Waals surface area contributed by atoms with Gasteiger partial charge in [-0.1, -0.05) is 6.07 Å². The van der Waals surface area contributed by atoms with Crippen LogP contribution in [-0.4, -0.2) is 56.8 Å². The van der Waals surface area contributed by atoms with Gasteiger partial charge < -0.3 is 9.64 Å². The van der Waals surface area contributed by atoms with Gasteiger partial charge in [-0.15, -0.1) is 11.3 Å². The lowest BCUT2D eigenvalue weighted by Gasteiger charge is -2.34. The van der Waals surface area contributed by atoms with E-state index in [0.29, 0.717) is 47.3 Å². The van der Waals surface area contributed by atoms with Crippen LogP contribution in [0.4, 0.5) is 0 Å². The number of sulfonamides is 1. The van der Waals surface area contributed by atoms with Crippen molar-refractivity contribution < 1.29 is 17.9 Å². The van der Waals surface area contributed by atoms with Gasteiger partial charge in [-0.2, -0.15) is 4.31 Å². The van der Waals surface area contributed by atoms with Gasteiger partial charge in [0.2, 0.25) is 10.0 Å². The first kappa shape index (κ1) is 18.9. The summed E-state index contributed by atoms with van der Waals surface area (Å²) in [4.78, 5) is 15.1. The normalized spacial score (nSPS) is 15.9. The number of hydrogen-bond acceptors (Lipinski definition) is 5. The summed E-state index contributed by atoms with van der Waals surface area (Å²) in [6.07, 6.45) is 0. The number of amides is 1. The van der Waals surface area contributed by atoms with Crippen molar-refractivity contribution in [3.63, 3.8) is 0 Å². The Labute approximate surface area is 158 Å². The van der Waals surface area contributed by atoms with E-state index in [-0.39, 0.29) is 5.91 Å². The average Bonchev–Trinajstić information content (AvgIpc) is 3.17. The lowest BCUT2D eigenvalue weighted by Crippen LogP contribution is -2.50. The number of piperazine rings is 1. The molecule has 1 aromatic carbocycles. The third kappa shape index (κ3) is 3.49. The largest absolute Gasteiger partial charge is 0.496 e. The van der Waals surface area contributed by atoms with Gasteiger partial charge in [0.25, 0.3) is 5.91 Å². The van der Waals surface area contributed by atoms with E-state index >= 15 is 0 Å². The predicted molar refractivity (Wildman–Crippen MR) is 101 cm³/mol. The maximum atomic E-state index is 13.0. The van der Waals surface area contributed by atoms with E-state index in [4.69, 9.17) is 4.74 Å². The van der Waals surface area contributed by atoms with E-state index in [2.05, 4.69) is 0 Å². The average molecular weight is 395 g/mol. The third-order valence-electron chi connectivity index (χ3n) is 4.57. The fourth-order valence-electron chi connectivity index (χ4n) is 3.09. The molecule has 8 heteroatoms. The van der Waals surface area contributed by atoms with Crippen molar-refractivity contribution in [3.05, 3.63) is 45.6 Å². The van der Waals surface area contributed by atoms with Crippen LogP contribution in [0.25, 0.3) is 0 Å². The van der Waals surface area contributed by atoms with E-state index in [1.807, 2.05) is 18.4 Å². The standard InChI is InChI=1S/C18H22N2O4S2/c1-13-12-17(14(2)11-15(13)24-3)26(22,23)20-8-6-19(7-9-20)18(21)16-5-4-10-25-16/h4-5,10-12H,6-9H2,1-3H3. The molecule has 0 atom stereocenters. The zero-order valence-electron chi connectivity index (χ0n) is 15.1. The highest BCUT2D eigenvalue weighted by atomic mass is 32.2. The van der Waals surface area contributed by atoms with Gasteiger partial charge in [-0.3, -0.25) is 4.79 Å². The molecule has 1 amide bonds. The molecule has 2 heterocycles. The zero-order valence-corrected chi connectivity index (χ0v) is 16.7. The van der Waals surface area contributed by atoms with E-state index in [1.165, 1.54) is 15.6 Å². The van der Waals surface area contributed by atoms with Crippen LogP contribution in [0.3, 0.4) is 0 Å². The predicted octanol–water partition coefficient (Wildman–Crippen LogP) is 2.52. The van der Waals surface area contributed by atoms with Gasteiger partial charge in [0.1, 0.15) is 5.75 Å². The quantitative estimate of drug-likeness (QED) is 0.799. The molecule has 0 radical (unpaired) electrons. The van der Waals surface area contributed by atoms with E-state index < -0.39 is 10.0 Å². The first-order chi connectivity index (χ1) is 12.3. The van der Waals surface area contributed by atoms with Crippen LogP contribution in [0.15, 0.2) is 34.5 Å². The first-order valence-corrected chi connectivity index (χ1v) is 10.6. The van der Waals surface area contributed by atoms with E-state index in [1.54, 1.807) is 37.1 Å². The van der Waals surface area contributed by atoms with Crippen LogP contribution >= 0.6 is 11.3 Å². The SMILES string of the molecule is COc1cc(C)c(S(=O)(=O)N2CCN(C(=O)c3cccs3)CC2)cc1C.